The van der Waals surface area contributed by atoms with Crippen LogP contribution < -0.4 is 4.90 Å². The molecular formula is C25H21ClN2O5S. The SMILES string of the molecule is CCOC(=O)c1sc(N2C(=O)C(=O)/C(=C(/O)c3ccc(Cl)cc3)[C@H]2c2ccc(C)cc2)nc1C. The van der Waals surface area contributed by atoms with Crippen molar-refractivity contribution in [2.45, 2.75) is 26.8 Å². The molecule has 0 radical (unpaired) electrons. The Morgan fingerprint density at radius 2 is 1.76 bits per heavy atom. The van der Waals surface area contributed by atoms with Crippen molar-refractivity contribution in [1.29, 1.82) is 0 Å². The maximum Gasteiger partial charge on any atom is 0.350 e. The van der Waals surface area contributed by atoms with Crippen molar-refractivity contribution < 1.29 is 24.2 Å². The minimum absolute atomic E-state index is 0.0679. The Kier molecular flexibility index (Phi) is 6.54. The lowest BCUT2D eigenvalue weighted by Gasteiger charge is -2.23. The highest BCUT2D eigenvalue weighted by Gasteiger charge is 2.48. The van der Waals surface area contributed by atoms with Crippen LogP contribution in [0.25, 0.3) is 5.76 Å². The molecule has 1 aromatic heterocycles. The number of aryl methyl sites for hydroxylation is 2. The summed E-state index contributed by atoms with van der Waals surface area (Å²) in [5.41, 5.74) is 2.28. The number of carbonyl (C=O) groups is 3. The number of hydrogen-bond donors (Lipinski definition) is 1. The number of nitrogens with zero attached hydrogens (tertiary/aromatic N) is 2. The second kappa shape index (κ2) is 9.40. The first-order valence-corrected chi connectivity index (χ1v) is 11.7. The molecule has 0 spiro atoms. The molecule has 4 rings (SSSR count). The lowest BCUT2D eigenvalue weighted by atomic mass is 9.95. The van der Waals surface area contributed by atoms with Crippen molar-refractivity contribution in [2.75, 3.05) is 11.5 Å². The van der Waals surface area contributed by atoms with Crippen LogP contribution in [0.15, 0.2) is 54.1 Å². The Morgan fingerprint density at radius 1 is 1.12 bits per heavy atom. The smallest absolute Gasteiger partial charge is 0.350 e. The predicted octanol–water partition coefficient (Wildman–Crippen LogP) is 5.22. The van der Waals surface area contributed by atoms with E-state index in [0.29, 0.717) is 21.8 Å². The summed E-state index contributed by atoms with van der Waals surface area (Å²) >= 11 is 6.93. The highest BCUT2D eigenvalue weighted by molar-refractivity contribution is 7.17. The summed E-state index contributed by atoms with van der Waals surface area (Å²) in [6, 6.07) is 12.7. The van der Waals surface area contributed by atoms with Crippen LogP contribution >= 0.6 is 22.9 Å². The minimum atomic E-state index is -0.933. The fourth-order valence-corrected chi connectivity index (χ4v) is 4.84. The van der Waals surface area contributed by atoms with E-state index in [9.17, 15) is 19.5 Å². The Balaban J connectivity index is 1.90. The fraction of sp³-hybridized carbons (Fsp3) is 0.200. The second-order valence-corrected chi connectivity index (χ2v) is 9.13. The van der Waals surface area contributed by atoms with E-state index in [2.05, 4.69) is 4.98 Å². The Hall–Kier alpha value is -3.49. The van der Waals surface area contributed by atoms with Gasteiger partial charge in [0.2, 0.25) is 0 Å². The van der Waals surface area contributed by atoms with Gasteiger partial charge in [0.25, 0.3) is 5.78 Å². The quantitative estimate of drug-likeness (QED) is 0.225. The molecule has 1 aliphatic heterocycles. The molecule has 34 heavy (non-hydrogen) atoms. The molecule has 1 N–H and O–H groups in total. The number of ketones is 1. The van der Waals surface area contributed by atoms with Crippen LogP contribution in [0.2, 0.25) is 5.02 Å². The van der Waals surface area contributed by atoms with Crippen molar-refractivity contribution >= 4 is 51.5 Å². The lowest BCUT2D eigenvalue weighted by molar-refractivity contribution is -0.132. The van der Waals surface area contributed by atoms with E-state index < -0.39 is 23.7 Å². The van der Waals surface area contributed by atoms with Crippen LogP contribution in [0.5, 0.6) is 0 Å². The molecule has 3 aromatic rings. The first-order valence-electron chi connectivity index (χ1n) is 10.5. The predicted molar refractivity (Wildman–Crippen MR) is 130 cm³/mol. The van der Waals surface area contributed by atoms with E-state index in [4.69, 9.17) is 16.3 Å². The number of hydrogen-bond acceptors (Lipinski definition) is 7. The number of Topliss-reactive ketones (excluding diaryl/α,β-unsaturated/α-hetero) is 1. The third kappa shape index (κ3) is 4.22. The summed E-state index contributed by atoms with van der Waals surface area (Å²) < 4.78 is 5.09. The number of anilines is 1. The molecule has 0 saturated carbocycles. The van der Waals surface area contributed by atoms with E-state index in [0.717, 1.165) is 16.9 Å². The molecule has 0 bridgehead atoms. The van der Waals surface area contributed by atoms with Gasteiger partial charge in [-0.15, -0.1) is 0 Å². The van der Waals surface area contributed by atoms with Gasteiger partial charge in [0.05, 0.1) is 23.9 Å². The van der Waals surface area contributed by atoms with E-state index in [1.54, 1.807) is 50.2 Å². The van der Waals surface area contributed by atoms with Crippen LogP contribution in [-0.4, -0.2) is 34.4 Å². The molecule has 1 amide bonds. The highest BCUT2D eigenvalue weighted by Crippen LogP contribution is 2.44. The molecule has 1 atom stereocenters. The molecule has 2 heterocycles. The van der Waals surface area contributed by atoms with Gasteiger partial charge < -0.3 is 9.84 Å². The number of halogens is 1. The van der Waals surface area contributed by atoms with Gasteiger partial charge in [0, 0.05) is 10.6 Å². The maximum atomic E-state index is 13.2. The average molecular weight is 497 g/mol. The first kappa shape index (κ1) is 23.7. The third-order valence-corrected chi connectivity index (χ3v) is 6.80. The Morgan fingerprint density at radius 3 is 2.38 bits per heavy atom. The van der Waals surface area contributed by atoms with Crippen LogP contribution in [-0.2, 0) is 14.3 Å². The van der Waals surface area contributed by atoms with Crippen molar-refractivity contribution in [3.63, 3.8) is 0 Å². The number of amides is 1. The maximum absolute atomic E-state index is 13.2. The number of thiazole rings is 1. The van der Waals surface area contributed by atoms with Crippen LogP contribution in [0.4, 0.5) is 5.13 Å². The summed E-state index contributed by atoms with van der Waals surface area (Å²) in [6.07, 6.45) is 0. The summed E-state index contributed by atoms with van der Waals surface area (Å²) in [5.74, 6) is -2.55. The number of ether oxygens (including phenoxy) is 1. The normalized spacial score (nSPS) is 17.3. The molecular weight excluding hydrogens is 476 g/mol. The number of aliphatic hydroxyl groups excluding tert-OH is 1. The molecule has 1 fully saturated rings. The van der Waals surface area contributed by atoms with Crippen molar-refractivity contribution in [3.8, 4) is 0 Å². The lowest BCUT2D eigenvalue weighted by Crippen LogP contribution is -2.29. The van der Waals surface area contributed by atoms with E-state index >= 15 is 0 Å². The van der Waals surface area contributed by atoms with Gasteiger partial charge in [-0.25, -0.2) is 9.78 Å². The van der Waals surface area contributed by atoms with Gasteiger partial charge in [0.15, 0.2) is 5.13 Å². The average Bonchev–Trinajstić information content (AvgIpc) is 3.31. The van der Waals surface area contributed by atoms with Gasteiger partial charge in [-0.3, -0.25) is 14.5 Å². The van der Waals surface area contributed by atoms with E-state index in [1.165, 1.54) is 4.90 Å². The largest absolute Gasteiger partial charge is 0.507 e. The summed E-state index contributed by atoms with van der Waals surface area (Å²) in [6.45, 7) is 5.45. The topological polar surface area (TPSA) is 96.8 Å². The Labute approximate surface area is 205 Å². The highest BCUT2D eigenvalue weighted by atomic mass is 35.5. The third-order valence-electron chi connectivity index (χ3n) is 5.41. The van der Waals surface area contributed by atoms with Gasteiger partial charge in [-0.1, -0.05) is 52.8 Å². The fourth-order valence-electron chi connectivity index (χ4n) is 3.73. The zero-order chi connectivity index (χ0) is 24.6. The Bertz CT molecular complexity index is 1310. The van der Waals surface area contributed by atoms with Gasteiger partial charge in [-0.2, -0.15) is 0 Å². The molecule has 1 saturated heterocycles. The van der Waals surface area contributed by atoms with Crippen molar-refractivity contribution in [3.05, 3.63) is 86.4 Å². The summed E-state index contributed by atoms with van der Waals surface area (Å²) in [5, 5.41) is 11.8. The second-order valence-electron chi connectivity index (χ2n) is 7.72. The first-order chi connectivity index (χ1) is 16.2. The number of rotatable bonds is 5. The number of aliphatic hydroxyl groups is 1. The van der Waals surface area contributed by atoms with Crippen molar-refractivity contribution in [2.24, 2.45) is 0 Å². The molecule has 0 aliphatic carbocycles. The molecule has 9 heteroatoms. The minimum Gasteiger partial charge on any atom is -0.507 e. The zero-order valence-corrected chi connectivity index (χ0v) is 20.2. The van der Waals surface area contributed by atoms with E-state index in [-0.39, 0.29) is 27.9 Å². The van der Waals surface area contributed by atoms with Crippen molar-refractivity contribution in [1.82, 2.24) is 4.98 Å². The monoisotopic (exact) mass is 496 g/mol. The van der Waals surface area contributed by atoms with Crippen LogP contribution in [0, 0.1) is 13.8 Å². The standard InChI is InChI=1S/C25H21ClN2O5S/c1-4-33-24(32)22-14(3)27-25(34-22)28-19(15-7-5-13(2)6-8-15)18(21(30)23(28)31)20(29)16-9-11-17(26)12-10-16/h5-12,19,29H,4H2,1-3H3/b20-18+/t19-/m1/s1. The van der Waals surface area contributed by atoms with Gasteiger partial charge in [-0.05, 0) is 50.6 Å². The number of carbonyl (C=O) groups excluding carboxylic acids is 3. The molecule has 1 aliphatic rings. The van der Waals surface area contributed by atoms with Gasteiger partial charge >= 0.3 is 11.9 Å². The van der Waals surface area contributed by atoms with Crippen LogP contribution in [0.3, 0.4) is 0 Å². The molecule has 7 nitrogen and oxygen atoms in total. The molecule has 2 aromatic carbocycles. The summed E-state index contributed by atoms with van der Waals surface area (Å²) in [4.78, 5) is 44.6. The summed E-state index contributed by atoms with van der Waals surface area (Å²) in [7, 11) is 0. The molecule has 174 valence electrons. The van der Waals surface area contributed by atoms with Gasteiger partial charge in [0.1, 0.15) is 10.6 Å². The van der Waals surface area contributed by atoms with E-state index in [1.807, 2.05) is 19.1 Å². The number of aromatic nitrogens is 1. The number of esters is 1. The van der Waals surface area contributed by atoms with Crippen LogP contribution in [0.1, 0.15) is 45.0 Å². The number of benzene rings is 2. The zero-order valence-electron chi connectivity index (χ0n) is 18.7. The molecule has 0 unspecified atom stereocenters.